The van der Waals surface area contributed by atoms with Crippen LogP contribution in [0.15, 0.2) is 79.1 Å². The van der Waals surface area contributed by atoms with E-state index < -0.39 is 36.9 Å². The largest absolute Gasteiger partial charge is 0.465 e. The third-order valence-electron chi connectivity index (χ3n) is 11.9. The second-order valence-electron chi connectivity index (χ2n) is 16.0. The molecule has 0 aliphatic carbocycles. The molecular formula is C44H53FN5O7PS. The molecule has 5 heterocycles. The highest BCUT2D eigenvalue weighted by Crippen LogP contribution is 2.62. The highest BCUT2D eigenvalue weighted by Gasteiger charge is 2.51. The Hall–Kier alpha value is -4.65. The fraction of sp³-hybridized carbons (Fsp3) is 0.477. The van der Waals surface area contributed by atoms with Gasteiger partial charge >= 0.3 is 13.5 Å². The number of carbonyl (C=O) groups is 4. The number of amides is 3. The number of pyridine rings is 1. The SMILES string of the molecule is CCCOC(=O)[C@H](C)NP(=O)(Oc1ccccc1)C(C)(F)c1ccc2sc(C(=O)NCC3CCCC[C@H]4CC[C@@H](C(=O)N5CCC(c6cccnc6)C5)N4C3=O)cc2c1. The zero-order valence-electron chi connectivity index (χ0n) is 33.8. The number of nitrogens with zero attached hydrogens (tertiary/aromatic N) is 3. The van der Waals surface area contributed by atoms with Gasteiger partial charge < -0.3 is 24.4 Å². The average Bonchev–Trinajstić information content (AvgIpc) is 4.01. The second-order valence-corrected chi connectivity index (χ2v) is 19.5. The Morgan fingerprint density at radius 1 is 1.03 bits per heavy atom. The number of fused-ring (bicyclic) bond motifs is 2. The smallest absolute Gasteiger partial charge is 0.358 e. The summed E-state index contributed by atoms with van der Waals surface area (Å²) < 4.78 is 43.5. The van der Waals surface area contributed by atoms with E-state index in [0.717, 1.165) is 44.6 Å². The first kappa shape index (κ1) is 42.5. The lowest BCUT2D eigenvalue weighted by Gasteiger charge is -2.36. The summed E-state index contributed by atoms with van der Waals surface area (Å²) in [4.78, 5) is 62.9. The fourth-order valence-corrected chi connectivity index (χ4v) is 11.4. The molecule has 7 rings (SSSR count). The number of para-hydroxylation sites is 1. The van der Waals surface area contributed by atoms with Crippen LogP contribution < -0.4 is 14.9 Å². The summed E-state index contributed by atoms with van der Waals surface area (Å²) in [6.45, 7) is 5.99. The van der Waals surface area contributed by atoms with Crippen LogP contribution in [-0.2, 0) is 29.1 Å². The van der Waals surface area contributed by atoms with Gasteiger partial charge in [-0.3, -0.25) is 28.7 Å². The van der Waals surface area contributed by atoms with Crippen molar-refractivity contribution in [1.29, 1.82) is 0 Å². The van der Waals surface area contributed by atoms with E-state index in [1.54, 1.807) is 48.7 Å². The molecular weight excluding hydrogens is 793 g/mol. The van der Waals surface area contributed by atoms with Gasteiger partial charge in [0.2, 0.25) is 17.2 Å². The Labute approximate surface area is 348 Å². The average molecular weight is 846 g/mol. The Morgan fingerprint density at radius 3 is 2.59 bits per heavy atom. The van der Waals surface area contributed by atoms with Crippen molar-refractivity contribution in [2.24, 2.45) is 5.92 Å². The Morgan fingerprint density at radius 2 is 1.83 bits per heavy atom. The van der Waals surface area contributed by atoms with Crippen LogP contribution in [0.4, 0.5) is 4.39 Å². The van der Waals surface area contributed by atoms with E-state index in [9.17, 15) is 23.7 Å². The lowest BCUT2D eigenvalue weighted by Crippen LogP contribution is -2.53. The van der Waals surface area contributed by atoms with Gasteiger partial charge in [0.25, 0.3) is 5.91 Å². The number of hydrogen-bond donors (Lipinski definition) is 2. The van der Waals surface area contributed by atoms with E-state index in [0.29, 0.717) is 47.3 Å². The van der Waals surface area contributed by atoms with Crippen molar-refractivity contribution in [3.63, 3.8) is 0 Å². The molecule has 12 nitrogen and oxygen atoms in total. The Balaban J connectivity index is 1.04. The number of thiophene rings is 1. The number of aromatic nitrogens is 1. The number of likely N-dealkylation sites (tertiary alicyclic amines) is 1. The number of alkyl halides is 1. The van der Waals surface area contributed by atoms with Crippen molar-refractivity contribution in [2.45, 2.75) is 102 Å². The van der Waals surface area contributed by atoms with E-state index >= 15 is 4.39 Å². The minimum atomic E-state index is -4.53. The molecule has 3 amide bonds. The molecule has 3 saturated heterocycles. The molecule has 2 aromatic heterocycles. The van der Waals surface area contributed by atoms with Gasteiger partial charge in [0.15, 0.2) is 0 Å². The molecule has 3 fully saturated rings. The van der Waals surface area contributed by atoms with Crippen molar-refractivity contribution in [2.75, 3.05) is 26.2 Å². The molecule has 0 saturated carbocycles. The molecule has 2 N–H and O–H groups in total. The quantitative estimate of drug-likeness (QED) is 0.0954. The maximum atomic E-state index is 17.2. The van der Waals surface area contributed by atoms with Crippen LogP contribution in [0, 0.1) is 5.92 Å². The molecule has 15 heteroatoms. The normalized spacial score (nSPS) is 23.4. The van der Waals surface area contributed by atoms with Crippen molar-refractivity contribution in [3.8, 4) is 5.75 Å². The number of halogens is 1. The van der Waals surface area contributed by atoms with Crippen LogP contribution in [0.2, 0.25) is 0 Å². The number of nitrogens with one attached hydrogen (secondary N) is 2. The van der Waals surface area contributed by atoms with Gasteiger partial charge in [0.1, 0.15) is 17.8 Å². The summed E-state index contributed by atoms with van der Waals surface area (Å²) in [5.74, 6) is -1.22. The lowest BCUT2D eigenvalue weighted by atomic mass is 9.94. The van der Waals surface area contributed by atoms with Crippen LogP contribution in [0.5, 0.6) is 5.75 Å². The second kappa shape index (κ2) is 18.3. The van der Waals surface area contributed by atoms with Crippen molar-refractivity contribution >= 4 is 52.6 Å². The minimum Gasteiger partial charge on any atom is -0.465 e. The summed E-state index contributed by atoms with van der Waals surface area (Å²) in [7, 11) is -4.53. The molecule has 2 aromatic carbocycles. The Kier molecular flexibility index (Phi) is 13.2. The van der Waals surface area contributed by atoms with E-state index in [1.807, 2.05) is 35.1 Å². The van der Waals surface area contributed by atoms with Crippen molar-refractivity contribution in [1.82, 2.24) is 25.2 Å². The molecule has 3 aliphatic rings. The summed E-state index contributed by atoms with van der Waals surface area (Å²) in [6, 6.07) is 16.9. The zero-order valence-corrected chi connectivity index (χ0v) is 35.5. The number of rotatable bonds is 14. The van der Waals surface area contributed by atoms with Gasteiger partial charge in [-0.15, -0.1) is 11.3 Å². The molecule has 4 aromatic rings. The van der Waals surface area contributed by atoms with Crippen LogP contribution in [0.1, 0.15) is 98.9 Å². The van der Waals surface area contributed by atoms with Crippen LogP contribution in [-0.4, -0.2) is 82.8 Å². The van der Waals surface area contributed by atoms with Crippen LogP contribution in [0.25, 0.3) is 10.1 Å². The standard InChI is InChI=1S/C44H53FN5O7PS/c1-4-23-56-43(54)29(2)48-58(55,57-36-14-6-5-7-15-36)44(3,45)34-16-19-38-33(24-34)25-39(59-38)40(51)47-27-31-11-8-9-13-35-17-18-37(50(35)41(31)52)42(53)49-22-20-32(28-49)30-12-10-21-46-26-30/h5-7,10,12,14-16,19,21,24-26,29,31-32,35,37H,4,8-9,11,13,17-18,20,22-23,27-28H2,1-3H3,(H,47,51)(H,48,55)/t29-,31?,32?,35-,37-,44?,58?/m0/s1. The van der Waals surface area contributed by atoms with Crippen LogP contribution in [0.3, 0.4) is 0 Å². The zero-order chi connectivity index (χ0) is 41.7. The predicted octanol–water partition coefficient (Wildman–Crippen LogP) is 7.94. The van der Waals surface area contributed by atoms with Gasteiger partial charge in [0, 0.05) is 54.3 Å². The third-order valence-corrected chi connectivity index (χ3v) is 15.5. The summed E-state index contributed by atoms with van der Waals surface area (Å²) >= 11 is 1.22. The molecule has 0 spiro atoms. The number of carbonyl (C=O) groups excluding carboxylic acids is 4. The van der Waals surface area contributed by atoms with Crippen molar-refractivity contribution < 1.29 is 37.4 Å². The third kappa shape index (κ3) is 9.25. The van der Waals surface area contributed by atoms with E-state index in [2.05, 4.69) is 15.4 Å². The molecule has 4 unspecified atom stereocenters. The first-order chi connectivity index (χ1) is 28.4. The Bertz CT molecular complexity index is 2190. The highest BCUT2D eigenvalue weighted by atomic mass is 32.1. The molecule has 3 aliphatic heterocycles. The van der Waals surface area contributed by atoms with Gasteiger partial charge in [0.05, 0.1) is 17.4 Å². The summed E-state index contributed by atoms with van der Waals surface area (Å²) in [6.07, 6.45) is 9.75. The van der Waals surface area contributed by atoms with E-state index in [4.69, 9.17) is 9.26 Å². The van der Waals surface area contributed by atoms with E-state index in [1.165, 1.54) is 30.4 Å². The first-order valence-electron chi connectivity index (χ1n) is 20.7. The van der Waals surface area contributed by atoms with E-state index in [-0.39, 0.29) is 54.1 Å². The molecule has 59 heavy (non-hydrogen) atoms. The molecule has 0 radical (unpaired) electrons. The number of ether oxygens (including phenoxy) is 1. The van der Waals surface area contributed by atoms with Gasteiger partial charge in [-0.2, -0.15) is 0 Å². The number of hydrogen-bond acceptors (Lipinski definition) is 9. The summed E-state index contributed by atoms with van der Waals surface area (Å²) in [5, 5.41) is 3.55. The lowest BCUT2D eigenvalue weighted by molar-refractivity contribution is -0.148. The topological polar surface area (TPSA) is 147 Å². The van der Waals surface area contributed by atoms with Gasteiger partial charge in [-0.25, -0.2) is 9.48 Å². The monoisotopic (exact) mass is 845 g/mol. The van der Waals surface area contributed by atoms with Crippen molar-refractivity contribution in [3.05, 3.63) is 95.1 Å². The van der Waals surface area contributed by atoms with Crippen LogP contribution >= 0.6 is 18.9 Å². The van der Waals surface area contributed by atoms with Gasteiger partial charge in [-0.05, 0) is 99.7 Å². The van der Waals surface area contributed by atoms with Gasteiger partial charge in [-0.1, -0.05) is 50.1 Å². The maximum Gasteiger partial charge on any atom is 0.358 e. The highest BCUT2D eigenvalue weighted by molar-refractivity contribution is 7.58. The molecule has 7 atom stereocenters. The molecule has 0 bridgehead atoms. The first-order valence-corrected chi connectivity index (χ1v) is 23.1. The maximum absolute atomic E-state index is 17.2. The number of esters is 1. The fourth-order valence-electron chi connectivity index (χ4n) is 8.51. The number of benzene rings is 2. The predicted molar refractivity (Wildman–Crippen MR) is 225 cm³/mol. The minimum absolute atomic E-state index is 0.00588. The summed E-state index contributed by atoms with van der Waals surface area (Å²) in [5.41, 5.74) is 1.15. The molecule has 314 valence electrons.